The highest BCUT2D eigenvalue weighted by Crippen LogP contribution is 2.41. The van der Waals surface area contributed by atoms with Gasteiger partial charge in [0.2, 0.25) is 11.8 Å². The molecular formula is C49H66N6O3. The fourth-order valence-electron chi connectivity index (χ4n) is 7.61. The van der Waals surface area contributed by atoms with E-state index in [-0.39, 0.29) is 23.8 Å². The van der Waals surface area contributed by atoms with E-state index >= 15 is 0 Å². The van der Waals surface area contributed by atoms with Crippen molar-refractivity contribution in [3.8, 4) is 17.0 Å². The van der Waals surface area contributed by atoms with Crippen molar-refractivity contribution in [3.63, 3.8) is 0 Å². The zero-order valence-electron chi connectivity index (χ0n) is 36.6. The second kappa shape index (κ2) is 22.0. The van der Waals surface area contributed by atoms with E-state index in [1.54, 1.807) is 0 Å². The van der Waals surface area contributed by atoms with E-state index < -0.39 is 5.41 Å². The fourth-order valence-corrected chi connectivity index (χ4v) is 7.61. The summed E-state index contributed by atoms with van der Waals surface area (Å²) >= 11 is 0. The number of aromatic amines is 1. The summed E-state index contributed by atoms with van der Waals surface area (Å²) in [7, 11) is 0. The van der Waals surface area contributed by atoms with Crippen LogP contribution in [0.2, 0.25) is 0 Å². The smallest absolute Gasteiger partial charge is 0.237 e. The lowest BCUT2D eigenvalue weighted by atomic mass is 9.73. The lowest BCUT2D eigenvalue weighted by Gasteiger charge is -2.34. The molecule has 9 nitrogen and oxygen atoms in total. The van der Waals surface area contributed by atoms with Gasteiger partial charge >= 0.3 is 0 Å². The Kier molecular flexibility index (Phi) is 17.3. The minimum Gasteiger partial charge on any atom is -0.491 e. The number of nitrogens with zero attached hydrogens (tertiary/aromatic N) is 4. The van der Waals surface area contributed by atoms with Crippen LogP contribution in [0.3, 0.4) is 0 Å². The molecule has 6 rings (SSSR count). The van der Waals surface area contributed by atoms with E-state index in [1.807, 2.05) is 127 Å². The number of hydrogen-bond donors (Lipinski definition) is 2. The van der Waals surface area contributed by atoms with Crippen molar-refractivity contribution >= 4 is 45.9 Å². The molecular weight excluding hydrogens is 721 g/mol. The summed E-state index contributed by atoms with van der Waals surface area (Å²) in [4.78, 5) is 36.5. The maximum absolute atomic E-state index is 14.2. The summed E-state index contributed by atoms with van der Waals surface area (Å²) in [5.41, 5.74) is 7.27. The number of nitrogens with one attached hydrogen (secondary N) is 2. The SMILES string of the molecule is CC.CC.C\C=C/C=N/C(=C/C)c1ccc(C2=CCN(C(=O)CN3CCC(C(=O)Nc4ccc5[nH]nc(-c6ccc(OC(C)C)cc6)c5c4)(C(C)CC)C3)CC2)cc1. The maximum atomic E-state index is 14.2. The second-order valence-corrected chi connectivity index (χ2v) is 14.8. The van der Waals surface area contributed by atoms with Gasteiger partial charge in [0.25, 0.3) is 0 Å². The average molecular weight is 787 g/mol. The number of ether oxygens (including phenoxy) is 1. The molecule has 0 aliphatic carbocycles. The fraction of sp³-hybridized carbons (Fsp3) is 0.429. The van der Waals surface area contributed by atoms with Crippen LogP contribution in [-0.2, 0) is 9.59 Å². The molecule has 1 fully saturated rings. The molecule has 3 heterocycles. The van der Waals surface area contributed by atoms with Crippen LogP contribution in [0.1, 0.15) is 99.6 Å². The predicted molar refractivity (Wildman–Crippen MR) is 244 cm³/mol. The molecule has 0 bridgehead atoms. The zero-order valence-corrected chi connectivity index (χ0v) is 36.6. The predicted octanol–water partition coefficient (Wildman–Crippen LogP) is 11.1. The van der Waals surface area contributed by atoms with Gasteiger partial charge in [0, 0.05) is 42.5 Å². The summed E-state index contributed by atoms with van der Waals surface area (Å²) in [5, 5.41) is 11.9. The van der Waals surface area contributed by atoms with Crippen molar-refractivity contribution in [3.05, 3.63) is 102 Å². The molecule has 2 aliphatic heterocycles. The van der Waals surface area contributed by atoms with E-state index in [2.05, 4.69) is 69.6 Å². The molecule has 0 radical (unpaired) electrons. The van der Waals surface area contributed by atoms with E-state index in [1.165, 1.54) is 11.1 Å². The largest absolute Gasteiger partial charge is 0.491 e. The Hall–Kier alpha value is -5.28. The first-order chi connectivity index (χ1) is 28.1. The van der Waals surface area contributed by atoms with Crippen LogP contribution < -0.4 is 10.1 Å². The molecule has 0 spiro atoms. The highest BCUT2D eigenvalue weighted by molar-refractivity contribution is 6.00. The Morgan fingerprint density at radius 3 is 2.29 bits per heavy atom. The number of likely N-dealkylation sites (tertiary alicyclic amines) is 1. The number of carbonyl (C=O) groups excluding carboxylic acids is 2. The van der Waals surface area contributed by atoms with Crippen molar-refractivity contribution in [2.45, 2.75) is 94.6 Å². The Balaban J connectivity index is 0.00000180. The number of benzene rings is 3. The molecule has 1 aromatic heterocycles. The summed E-state index contributed by atoms with van der Waals surface area (Å²) in [6, 6.07) is 22.3. The first-order valence-electron chi connectivity index (χ1n) is 21.3. The monoisotopic (exact) mass is 787 g/mol. The van der Waals surface area contributed by atoms with Crippen molar-refractivity contribution in [1.82, 2.24) is 20.0 Å². The van der Waals surface area contributed by atoms with Gasteiger partial charge in [-0.25, -0.2) is 0 Å². The molecule has 2 N–H and O–H groups in total. The van der Waals surface area contributed by atoms with Gasteiger partial charge in [-0.05, 0) is 118 Å². The van der Waals surface area contributed by atoms with Gasteiger partial charge in [-0.1, -0.05) is 90.5 Å². The maximum Gasteiger partial charge on any atom is 0.237 e. The normalized spacial score (nSPS) is 17.8. The number of aliphatic imine (C=N–C) groups is 1. The van der Waals surface area contributed by atoms with Crippen LogP contribution >= 0.6 is 0 Å². The van der Waals surface area contributed by atoms with Gasteiger partial charge in [0.1, 0.15) is 5.75 Å². The third-order valence-electron chi connectivity index (χ3n) is 10.9. The highest BCUT2D eigenvalue weighted by atomic mass is 16.5. The molecule has 1 saturated heterocycles. The number of aromatic nitrogens is 2. The molecule has 2 atom stereocenters. The minimum atomic E-state index is -0.596. The Bertz CT molecular complexity index is 2060. The third kappa shape index (κ3) is 11.0. The molecule has 310 valence electrons. The van der Waals surface area contributed by atoms with Crippen LogP contribution in [0.4, 0.5) is 5.69 Å². The summed E-state index contributed by atoms with van der Waals surface area (Å²) in [5.74, 6) is 1.08. The lowest BCUT2D eigenvalue weighted by molar-refractivity contribution is -0.133. The second-order valence-electron chi connectivity index (χ2n) is 14.8. The van der Waals surface area contributed by atoms with Crippen molar-refractivity contribution in [1.29, 1.82) is 0 Å². The Morgan fingerprint density at radius 2 is 1.67 bits per heavy atom. The van der Waals surface area contributed by atoms with Crippen LogP contribution in [0.25, 0.3) is 33.4 Å². The third-order valence-corrected chi connectivity index (χ3v) is 10.9. The van der Waals surface area contributed by atoms with Crippen LogP contribution in [0.15, 0.2) is 96.0 Å². The van der Waals surface area contributed by atoms with Gasteiger partial charge in [0.15, 0.2) is 0 Å². The van der Waals surface area contributed by atoms with E-state index in [9.17, 15) is 9.59 Å². The van der Waals surface area contributed by atoms with Gasteiger partial charge in [0.05, 0.1) is 35.0 Å². The molecule has 0 saturated carbocycles. The molecule has 58 heavy (non-hydrogen) atoms. The highest BCUT2D eigenvalue weighted by Gasteiger charge is 2.48. The number of rotatable bonds is 13. The molecule has 2 amide bonds. The number of anilines is 1. The van der Waals surface area contributed by atoms with Gasteiger partial charge in [-0.15, -0.1) is 0 Å². The van der Waals surface area contributed by atoms with Crippen molar-refractivity contribution in [2.24, 2.45) is 16.3 Å². The molecule has 2 unspecified atom stereocenters. The van der Waals surface area contributed by atoms with E-state index in [0.717, 1.165) is 57.7 Å². The van der Waals surface area contributed by atoms with E-state index in [0.29, 0.717) is 39.1 Å². The number of fused-ring (bicyclic) bond motifs is 1. The van der Waals surface area contributed by atoms with Gasteiger partial charge in [-0.2, -0.15) is 5.10 Å². The molecule has 9 heteroatoms. The van der Waals surface area contributed by atoms with Crippen LogP contribution in [0, 0.1) is 11.3 Å². The first-order valence-corrected chi connectivity index (χ1v) is 21.3. The van der Waals surface area contributed by atoms with Crippen LogP contribution in [0.5, 0.6) is 5.75 Å². The van der Waals surface area contributed by atoms with Crippen molar-refractivity contribution in [2.75, 3.05) is 38.0 Å². The van der Waals surface area contributed by atoms with Crippen molar-refractivity contribution < 1.29 is 14.3 Å². The summed E-state index contributed by atoms with van der Waals surface area (Å²) in [6.45, 7) is 23.1. The molecule has 4 aromatic rings. The Labute approximate surface area is 347 Å². The number of H-pyrrole nitrogens is 1. The number of allylic oxidation sites excluding steroid dienone is 3. The average Bonchev–Trinajstić information content (AvgIpc) is 3.89. The standard InChI is InChI=1S/C45H54N6O3.2C2H6/c1-7-10-24-46-40(9-3)35-13-11-33(12-14-35)34-21-25-51(26-22-34)42(52)29-50-27-23-45(30-50,32(6)8-2)44(53)47-37-17-20-41-39(28-37)43(49-48-41)36-15-18-38(19-16-36)54-31(4)5;2*1-2/h7,9-21,24,28,31-32H,8,22-23,25-27,29-30H2,1-6H3,(H,47,53)(H,48,49);2*1-2H3/b10-7-,40-9+,46-24+;;. The number of carbonyl (C=O) groups is 2. The minimum absolute atomic E-state index is 0.00842. The number of hydrogen-bond acceptors (Lipinski definition) is 6. The summed E-state index contributed by atoms with van der Waals surface area (Å²) < 4.78 is 5.82. The van der Waals surface area contributed by atoms with Crippen LogP contribution in [-0.4, -0.2) is 76.9 Å². The first kappa shape index (κ1) is 45.4. The van der Waals surface area contributed by atoms with Gasteiger partial charge in [-0.3, -0.25) is 24.6 Å². The number of amides is 2. The molecule has 3 aromatic carbocycles. The van der Waals surface area contributed by atoms with E-state index in [4.69, 9.17) is 4.74 Å². The van der Waals surface area contributed by atoms with Gasteiger partial charge < -0.3 is 15.0 Å². The molecule has 2 aliphatic rings. The Morgan fingerprint density at radius 1 is 0.966 bits per heavy atom. The lowest BCUT2D eigenvalue weighted by Crippen LogP contribution is -2.46. The zero-order chi connectivity index (χ0) is 42.2. The quantitative estimate of drug-likeness (QED) is 0.131. The summed E-state index contributed by atoms with van der Waals surface area (Å²) in [6.07, 6.45) is 12.4. The topological polar surface area (TPSA) is 103 Å².